The van der Waals surface area contributed by atoms with E-state index in [2.05, 4.69) is 10.5 Å². The Hall–Kier alpha value is -2.41. The van der Waals surface area contributed by atoms with Gasteiger partial charge in [0.25, 0.3) is 5.91 Å². The first-order valence-electron chi connectivity index (χ1n) is 5.81. The highest BCUT2D eigenvalue weighted by Gasteiger charge is 2.15. The summed E-state index contributed by atoms with van der Waals surface area (Å²) < 4.78 is 22.4. The summed E-state index contributed by atoms with van der Waals surface area (Å²) >= 11 is 5.71. The molecule has 1 amide bonds. The standard InChI is InChI=1S/C13H10ClFN2O4/c1-7-4-11(17-21-7)16-12(18)6-20-13(19)9-3-2-8(15)5-10(9)14/h2-5H,6H2,1H3,(H,16,17,18). The molecule has 21 heavy (non-hydrogen) atoms. The first-order chi connectivity index (χ1) is 9.95. The van der Waals surface area contributed by atoms with Crippen LogP contribution >= 0.6 is 11.6 Å². The lowest BCUT2D eigenvalue weighted by atomic mass is 10.2. The minimum atomic E-state index is -0.827. The Balaban J connectivity index is 1.90. The van der Waals surface area contributed by atoms with Crippen molar-refractivity contribution in [2.75, 3.05) is 11.9 Å². The molecule has 1 N–H and O–H groups in total. The van der Waals surface area contributed by atoms with Crippen LogP contribution in [0.5, 0.6) is 0 Å². The number of anilines is 1. The van der Waals surface area contributed by atoms with Crippen LogP contribution in [0.4, 0.5) is 10.2 Å². The summed E-state index contributed by atoms with van der Waals surface area (Å²) in [6.45, 7) is 1.14. The van der Waals surface area contributed by atoms with Gasteiger partial charge in [0.05, 0.1) is 10.6 Å². The Bertz CT molecular complexity index is 687. The number of aryl methyl sites for hydroxylation is 1. The number of esters is 1. The lowest BCUT2D eigenvalue weighted by molar-refractivity contribution is -0.119. The number of rotatable bonds is 4. The van der Waals surface area contributed by atoms with Gasteiger partial charge in [-0.05, 0) is 25.1 Å². The number of carbonyl (C=O) groups excluding carboxylic acids is 2. The summed E-state index contributed by atoms with van der Waals surface area (Å²) in [5.41, 5.74) is -0.0249. The van der Waals surface area contributed by atoms with Gasteiger partial charge in [-0.25, -0.2) is 9.18 Å². The molecule has 1 aromatic carbocycles. The van der Waals surface area contributed by atoms with E-state index in [9.17, 15) is 14.0 Å². The van der Waals surface area contributed by atoms with Crippen LogP contribution in [-0.2, 0) is 9.53 Å². The highest BCUT2D eigenvalue weighted by atomic mass is 35.5. The molecular formula is C13H10ClFN2O4. The van der Waals surface area contributed by atoms with Crippen LogP contribution < -0.4 is 5.32 Å². The third-order valence-electron chi connectivity index (χ3n) is 2.38. The summed E-state index contributed by atoms with van der Waals surface area (Å²) in [5.74, 6) is -1.24. The van der Waals surface area contributed by atoms with E-state index in [1.165, 1.54) is 12.1 Å². The fourth-order valence-corrected chi connectivity index (χ4v) is 1.71. The second-order valence-electron chi connectivity index (χ2n) is 4.07. The lowest BCUT2D eigenvalue weighted by Gasteiger charge is -2.06. The predicted molar refractivity (Wildman–Crippen MR) is 71.6 cm³/mol. The molecule has 0 saturated carbocycles. The molecule has 0 aliphatic heterocycles. The highest BCUT2D eigenvalue weighted by Crippen LogP contribution is 2.18. The molecule has 0 aliphatic carbocycles. The number of aromatic nitrogens is 1. The summed E-state index contributed by atoms with van der Waals surface area (Å²) in [5, 5.41) is 5.84. The second-order valence-corrected chi connectivity index (χ2v) is 4.48. The summed E-state index contributed by atoms with van der Waals surface area (Å²) in [6, 6.07) is 4.74. The zero-order chi connectivity index (χ0) is 15.4. The Morgan fingerprint density at radius 1 is 1.43 bits per heavy atom. The van der Waals surface area contributed by atoms with E-state index in [-0.39, 0.29) is 16.4 Å². The van der Waals surface area contributed by atoms with E-state index in [0.29, 0.717) is 5.76 Å². The third kappa shape index (κ3) is 4.03. The molecule has 0 bridgehead atoms. The van der Waals surface area contributed by atoms with Crippen molar-refractivity contribution in [3.8, 4) is 0 Å². The molecule has 6 nitrogen and oxygen atoms in total. The van der Waals surface area contributed by atoms with Crippen molar-refractivity contribution < 1.29 is 23.2 Å². The summed E-state index contributed by atoms with van der Waals surface area (Å²) in [7, 11) is 0. The van der Waals surface area contributed by atoms with Crippen LogP contribution in [0.3, 0.4) is 0 Å². The lowest BCUT2D eigenvalue weighted by Crippen LogP contribution is -2.21. The van der Waals surface area contributed by atoms with Crippen molar-refractivity contribution in [2.45, 2.75) is 6.92 Å². The molecule has 8 heteroatoms. The minimum Gasteiger partial charge on any atom is -0.452 e. The Morgan fingerprint density at radius 2 is 2.19 bits per heavy atom. The van der Waals surface area contributed by atoms with E-state index in [0.717, 1.165) is 12.1 Å². The maximum absolute atomic E-state index is 12.9. The van der Waals surface area contributed by atoms with E-state index in [4.69, 9.17) is 20.9 Å². The van der Waals surface area contributed by atoms with Crippen LogP contribution in [0.25, 0.3) is 0 Å². The number of hydrogen-bond donors (Lipinski definition) is 1. The number of halogens is 2. The quantitative estimate of drug-likeness (QED) is 0.877. The van der Waals surface area contributed by atoms with Crippen LogP contribution in [-0.4, -0.2) is 23.6 Å². The van der Waals surface area contributed by atoms with Gasteiger partial charge in [0, 0.05) is 6.07 Å². The van der Waals surface area contributed by atoms with Crippen molar-refractivity contribution >= 4 is 29.3 Å². The average Bonchev–Trinajstić information content (AvgIpc) is 2.81. The molecule has 0 atom stereocenters. The Kier molecular flexibility index (Phi) is 4.54. The average molecular weight is 313 g/mol. The van der Waals surface area contributed by atoms with Crippen LogP contribution in [0, 0.1) is 12.7 Å². The van der Waals surface area contributed by atoms with Gasteiger partial charge in [0.15, 0.2) is 12.4 Å². The predicted octanol–water partition coefficient (Wildman–Crippen LogP) is 2.57. The van der Waals surface area contributed by atoms with E-state index >= 15 is 0 Å². The molecule has 0 spiro atoms. The van der Waals surface area contributed by atoms with Gasteiger partial charge in [-0.2, -0.15) is 0 Å². The number of amides is 1. The molecule has 0 fully saturated rings. The molecule has 1 heterocycles. The van der Waals surface area contributed by atoms with Crippen molar-refractivity contribution in [2.24, 2.45) is 0 Å². The number of ether oxygens (including phenoxy) is 1. The third-order valence-corrected chi connectivity index (χ3v) is 2.69. The molecule has 2 rings (SSSR count). The number of benzene rings is 1. The number of carbonyl (C=O) groups is 2. The normalized spacial score (nSPS) is 10.2. The van der Waals surface area contributed by atoms with Crippen LogP contribution in [0.2, 0.25) is 5.02 Å². The monoisotopic (exact) mass is 312 g/mol. The van der Waals surface area contributed by atoms with Crippen molar-refractivity contribution in [1.82, 2.24) is 5.16 Å². The minimum absolute atomic E-state index is 0.0249. The maximum Gasteiger partial charge on any atom is 0.340 e. The number of nitrogens with one attached hydrogen (secondary N) is 1. The van der Waals surface area contributed by atoms with Gasteiger partial charge < -0.3 is 14.6 Å². The molecule has 1 aromatic heterocycles. The number of hydrogen-bond acceptors (Lipinski definition) is 5. The SMILES string of the molecule is Cc1cc(NC(=O)COC(=O)c2ccc(F)cc2Cl)no1. The molecule has 0 unspecified atom stereocenters. The van der Waals surface area contributed by atoms with Gasteiger partial charge in [-0.3, -0.25) is 4.79 Å². The topological polar surface area (TPSA) is 81.4 Å². The first-order valence-corrected chi connectivity index (χ1v) is 6.19. The molecule has 0 saturated heterocycles. The highest BCUT2D eigenvalue weighted by molar-refractivity contribution is 6.33. The van der Waals surface area contributed by atoms with Gasteiger partial charge in [0.1, 0.15) is 11.6 Å². The smallest absolute Gasteiger partial charge is 0.340 e. The second kappa shape index (κ2) is 6.36. The van der Waals surface area contributed by atoms with E-state index < -0.39 is 24.3 Å². The van der Waals surface area contributed by atoms with Crippen LogP contribution in [0.1, 0.15) is 16.1 Å². The van der Waals surface area contributed by atoms with Gasteiger partial charge in [0.2, 0.25) is 0 Å². The molecule has 110 valence electrons. The van der Waals surface area contributed by atoms with Gasteiger partial charge >= 0.3 is 5.97 Å². The summed E-state index contributed by atoms with van der Waals surface area (Å²) in [6.07, 6.45) is 0. The zero-order valence-corrected chi connectivity index (χ0v) is 11.6. The van der Waals surface area contributed by atoms with Crippen molar-refractivity contribution in [1.29, 1.82) is 0 Å². The first kappa shape index (κ1) is 15.0. The van der Waals surface area contributed by atoms with Gasteiger partial charge in [-0.1, -0.05) is 16.8 Å². The van der Waals surface area contributed by atoms with Gasteiger partial charge in [-0.15, -0.1) is 0 Å². The molecular weight excluding hydrogens is 303 g/mol. The zero-order valence-electron chi connectivity index (χ0n) is 10.9. The Labute approximate surface area is 123 Å². The fourth-order valence-electron chi connectivity index (χ4n) is 1.47. The molecule has 0 aliphatic rings. The van der Waals surface area contributed by atoms with E-state index in [1.807, 2.05) is 0 Å². The maximum atomic E-state index is 12.9. The summed E-state index contributed by atoms with van der Waals surface area (Å²) in [4.78, 5) is 23.2. The van der Waals surface area contributed by atoms with Crippen molar-refractivity contribution in [3.05, 3.63) is 46.4 Å². The van der Waals surface area contributed by atoms with Crippen molar-refractivity contribution in [3.63, 3.8) is 0 Å². The largest absolute Gasteiger partial charge is 0.452 e. The van der Waals surface area contributed by atoms with Crippen LogP contribution in [0.15, 0.2) is 28.8 Å². The molecule has 2 aromatic rings. The number of nitrogens with zero attached hydrogens (tertiary/aromatic N) is 1. The van der Waals surface area contributed by atoms with E-state index in [1.54, 1.807) is 6.92 Å². The molecule has 0 radical (unpaired) electrons. The fraction of sp³-hybridized carbons (Fsp3) is 0.154. The Morgan fingerprint density at radius 3 is 2.81 bits per heavy atom.